The Kier molecular flexibility index (Phi) is 5.88. The van der Waals surface area contributed by atoms with E-state index < -0.39 is 18.0 Å². The predicted octanol–water partition coefficient (Wildman–Crippen LogP) is 4.10. The molecule has 3 rings (SSSR count). The summed E-state index contributed by atoms with van der Waals surface area (Å²) in [6.45, 7) is 1.71. The van der Waals surface area contributed by atoms with Crippen molar-refractivity contribution in [2.45, 2.75) is 19.4 Å². The highest BCUT2D eigenvalue weighted by Gasteiger charge is 2.26. The summed E-state index contributed by atoms with van der Waals surface area (Å²) in [6.07, 6.45) is -1.08. The summed E-state index contributed by atoms with van der Waals surface area (Å²) >= 11 is 5.85. The Bertz CT molecular complexity index is 923. The fourth-order valence-corrected chi connectivity index (χ4v) is 2.59. The molecule has 0 aliphatic rings. The van der Waals surface area contributed by atoms with Crippen LogP contribution in [0.25, 0.3) is 0 Å². The third-order valence-corrected chi connectivity index (χ3v) is 3.98. The van der Waals surface area contributed by atoms with E-state index in [4.69, 9.17) is 20.9 Å². The van der Waals surface area contributed by atoms with Crippen LogP contribution in [0, 0.1) is 6.92 Å². The zero-order valence-electron chi connectivity index (χ0n) is 14.5. The van der Waals surface area contributed by atoms with Gasteiger partial charge in [0.2, 0.25) is 6.10 Å². The topological polar surface area (TPSA) is 81.4 Å². The number of amides is 1. The summed E-state index contributed by atoms with van der Waals surface area (Å²) < 4.78 is 10.4. The minimum Gasteiger partial charge on any atom is -0.447 e. The van der Waals surface area contributed by atoms with Crippen LogP contribution in [-0.4, -0.2) is 17.0 Å². The van der Waals surface area contributed by atoms with Gasteiger partial charge < -0.3 is 14.6 Å². The Balaban J connectivity index is 1.74. The summed E-state index contributed by atoms with van der Waals surface area (Å²) in [5, 5.41) is 6.91. The lowest BCUT2D eigenvalue weighted by molar-refractivity contribution is -0.154. The average Bonchev–Trinajstić information content (AvgIpc) is 3.07. The van der Waals surface area contributed by atoms with Gasteiger partial charge in [0, 0.05) is 16.7 Å². The maximum atomic E-state index is 12.7. The largest absolute Gasteiger partial charge is 0.447 e. The molecule has 1 aromatic heterocycles. The number of nitrogens with one attached hydrogen (secondary N) is 1. The monoisotopic (exact) mass is 384 g/mol. The first-order chi connectivity index (χ1) is 13.0. The predicted molar refractivity (Wildman–Crippen MR) is 100 cm³/mol. The molecule has 7 heteroatoms. The number of ether oxygens (including phenoxy) is 1. The van der Waals surface area contributed by atoms with E-state index in [-0.39, 0.29) is 12.2 Å². The molecule has 1 heterocycles. The van der Waals surface area contributed by atoms with Crippen molar-refractivity contribution in [3.63, 3.8) is 0 Å². The fourth-order valence-electron chi connectivity index (χ4n) is 2.46. The first-order valence-electron chi connectivity index (χ1n) is 8.24. The van der Waals surface area contributed by atoms with Crippen LogP contribution in [0.5, 0.6) is 0 Å². The van der Waals surface area contributed by atoms with Crippen molar-refractivity contribution in [3.05, 3.63) is 82.6 Å². The molecule has 0 aliphatic carbocycles. The summed E-state index contributed by atoms with van der Waals surface area (Å²) in [6, 6.07) is 17.2. The lowest BCUT2D eigenvalue weighted by Crippen LogP contribution is -2.26. The van der Waals surface area contributed by atoms with Crippen molar-refractivity contribution >= 4 is 29.3 Å². The lowest BCUT2D eigenvalue weighted by atomic mass is 10.1. The van der Waals surface area contributed by atoms with Gasteiger partial charge in [-0.2, -0.15) is 0 Å². The normalized spacial score (nSPS) is 11.6. The molecule has 0 aliphatic heterocycles. The number of hydrogen-bond acceptors (Lipinski definition) is 5. The number of nitrogens with zero attached hydrogens (tertiary/aromatic N) is 1. The van der Waals surface area contributed by atoms with Crippen molar-refractivity contribution in [1.29, 1.82) is 0 Å². The lowest BCUT2D eigenvalue weighted by Gasteiger charge is -2.17. The molecule has 27 heavy (non-hydrogen) atoms. The van der Waals surface area contributed by atoms with Gasteiger partial charge in [0.25, 0.3) is 5.91 Å². The van der Waals surface area contributed by atoms with Gasteiger partial charge in [-0.15, -0.1) is 0 Å². The van der Waals surface area contributed by atoms with E-state index >= 15 is 0 Å². The Labute approximate surface area is 161 Å². The highest BCUT2D eigenvalue weighted by atomic mass is 35.5. The molecule has 138 valence electrons. The maximum Gasteiger partial charge on any atom is 0.311 e. The van der Waals surface area contributed by atoms with Crippen molar-refractivity contribution in [2.24, 2.45) is 0 Å². The summed E-state index contributed by atoms with van der Waals surface area (Å²) in [4.78, 5) is 25.0. The molecule has 0 fully saturated rings. The van der Waals surface area contributed by atoms with E-state index in [0.717, 1.165) is 5.56 Å². The number of aryl methyl sites for hydroxylation is 1. The van der Waals surface area contributed by atoms with Crippen molar-refractivity contribution < 1.29 is 18.8 Å². The van der Waals surface area contributed by atoms with Gasteiger partial charge in [-0.05, 0) is 24.6 Å². The minimum atomic E-state index is -1.11. The van der Waals surface area contributed by atoms with Gasteiger partial charge in [0.05, 0.1) is 6.42 Å². The van der Waals surface area contributed by atoms with E-state index in [9.17, 15) is 9.59 Å². The van der Waals surface area contributed by atoms with E-state index in [1.807, 2.05) is 6.07 Å². The number of esters is 1. The highest BCUT2D eigenvalue weighted by molar-refractivity contribution is 6.30. The van der Waals surface area contributed by atoms with Crippen LogP contribution >= 0.6 is 11.6 Å². The zero-order chi connectivity index (χ0) is 19.2. The summed E-state index contributed by atoms with van der Waals surface area (Å²) in [5.74, 6) is -0.231. The molecule has 1 atom stereocenters. The van der Waals surface area contributed by atoms with E-state index in [0.29, 0.717) is 16.3 Å². The van der Waals surface area contributed by atoms with E-state index in [2.05, 4.69) is 10.5 Å². The number of rotatable bonds is 6. The molecule has 6 nitrogen and oxygen atoms in total. The van der Waals surface area contributed by atoms with Gasteiger partial charge in [-0.1, -0.05) is 59.2 Å². The average molecular weight is 385 g/mol. The first kappa shape index (κ1) is 18.7. The number of benzene rings is 2. The second-order valence-corrected chi connectivity index (χ2v) is 6.33. The van der Waals surface area contributed by atoms with Gasteiger partial charge in [0.15, 0.2) is 5.82 Å². The van der Waals surface area contributed by atoms with Crippen LogP contribution in [0.3, 0.4) is 0 Å². The quantitative estimate of drug-likeness (QED) is 0.647. The van der Waals surface area contributed by atoms with Crippen molar-refractivity contribution in [1.82, 2.24) is 5.16 Å². The SMILES string of the molecule is Cc1cc(NC(=O)[C@H](OC(=O)Cc2ccc(Cl)cc2)c2ccccc2)no1. The van der Waals surface area contributed by atoms with Crippen LogP contribution in [0.15, 0.2) is 65.2 Å². The number of aromatic nitrogens is 1. The number of anilines is 1. The molecule has 0 saturated heterocycles. The van der Waals surface area contributed by atoms with Gasteiger partial charge in [-0.3, -0.25) is 9.59 Å². The standard InChI is InChI=1S/C20H17ClN2O4/c1-13-11-17(23-27-13)22-20(25)19(15-5-3-2-4-6-15)26-18(24)12-14-7-9-16(21)10-8-14/h2-11,19H,12H2,1H3,(H,22,23,25)/t19-/m1/s1. The van der Waals surface area contributed by atoms with Crippen LogP contribution in [0.4, 0.5) is 5.82 Å². The Hall–Kier alpha value is -3.12. The number of carbonyl (C=O) groups excluding carboxylic acids is 2. The smallest absolute Gasteiger partial charge is 0.311 e. The Morgan fingerprint density at radius 3 is 2.48 bits per heavy atom. The molecule has 1 amide bonds. The molecule has 0 radical (unpaired) electrons. The van der Waals surface area contributed by atoms with Crippen LogP contribution in [0.2, 0.25) is 5.02 Å². The van der Waals surface area contributed by atoms with Crippen LogP contribution < -0.4 is 5.32 Å². The summed E-state index contributed by atoms with van der Waals surface area (Å²) in [5.41, 5.74) is 1.29. The molecule has 1 N–H and O–H groups in total. The number of carbonyl (C=O) groups is 2. The molecule has 0 spiro atoms. The molecule has 0 saturated carbocycles. The van der Waals surface area contributed by atoms with Crippen LogP contribution in [0.1, 0.15) is 23.0 Å². The molecular weight excluding hydrogens is 368 g/mol. The minimum absolute atomic E-state index is 0.0247. The zero-order valence-corrected chi connectivity index (χ0v) is 15.3. The van der Waals surface area contributed by atoms with E-state index in [1.54, 1.807) is 61.5 Å². The molecule has 0 bridgehead atoms. The second-order valence-electron chi connectivity index (χ2n) is 5.90. The number of hydrogen-bond donors (Lipinski definition) is 1. The molecule has 0 unspecified atom stereocenters. The second kappa shape index (κ2) is 8.51. The first-order valence-corrected chi connectivity index (χ1v) is 8.62. The number of halogens is 1. The molecule has 2 aromatic carbocycles. The third kappa shape index (κ3) is 5.18. The van der Waals surface area contributed by atoms with Gasteiger partial charge in [-0.25, -0.2) is 0 Å². The van der Waals surface area contributed by atoms with Gasteiger partial charge in [0.1, 0.15) is 5.76 Å². The fraction of sp³-hybridized carbons (Fsp3) is 0.150. The van der Waals surface area contributed by atoms with Crippen molar-refractivity contribution in [3.8, 4) is 0 Å². The Morgan fingerprint density at radius 2 is 1.85 bits per heavy atom. The van der Waals surface area contributed by atoms with Crippen LogP contribution in [-0.2, 0) is 20.7 Å². The molecular formula is C20H17ClN2O4. The highest BCUT2D eigenvalue weighted by Crippen LogP contribution is 2.21. The van der Waals surface area contributed by atoms with Crippen molar-refractivity contribution in [2.75, 3.05) is 5.32 Å². The maximum absolute atomic E-state index is 12.7. The molecule has 3 aromatic rings. The Morgan fingerprint density at radius 1 is 1.15 bits per heavy atom. The van der Waals surface area contributed by atoms with E-state index in [1.165, 1.54) is 0 Å². The summed E-state index contributed by atoms with van der Waals surface area (Å²) in [7, 11) is 0. The third-order valence-electron chi connectivity index (χ3n) is 3.73. The van der Waals surface area contributed by atoms with Gasteiger partial charge >= 0.3 is 5.97 Å².